The molecule has 0 fully saturated rings. The lowest BCUT2D eigenvalue weighted by Gasteiger charge is -2.03. The van der Waals surface area contributed by atoms with E-state index in [0.29, 0.717) is 17.7 Å². The number of allylic oxidation sites excluding steroid dienone is 1. The van der Waals surface area contributed by atoms with Crippen LogP contribution in [0.15, 0.2) is 48.5 Å². The highest BCUT2D eigenvalue weighted by Crippen LogP contribution is 2.23. The number of nitriles is 1. The number of hydrogen-bond acceptors (Lipinski definition) is 4. The quantitative estimate of drug-likeness (QED) is 0.360. The first-order chi connectivity index (χ1) is 10.6. The number of ether oxygens (including phenoxy) is 1. The Labute approximate surface area is 128 Å². The van der Waals surface area contributed by atoms with E-state index in [2.05, 4.69) is 6.07 Å². The topological polar surface area (TPSA) is 76.2 Å². The highest BCUT2D eigenvalue weighted by Gasteiger charge is 2.08. The van der Waals surface area contributed by atoms with Gasteiger partial charge in [-0.25, -0.2) is 0 Å². The van der Waals surface area contributed by atoms with Crippen molar-refractivity contribution in [1.82, 2.24) is 0 Å². The third-order valence-electron chi connectivity index (χ3n) is 2.99. The van der Waals surface area contributed by atoms with Gasteiger partial charge in [-0.05, 0) is 36.3 Å². The summed E-state index contributed by atoms with van der Waals surface area (Å²) in [6.07, 6.45) is 1.69. The molecule has 0 saturated carbocycles. The highest BCUT2D eigenvalue weighted by molar-refractivity contribution is 5.90. The second-order valence-electron chi connectivity index (χ2n) is 4.48. The molecular weight excluding hydrogens is 280 g/mol. The van der Waals surface area contributed by atoms with Gasteiger partial charge in [-0.3, -0.25) is 10.1 Å². The monoisotopic (exact) mass is 294 g/mol. The molecule has 5 heteroatoms. The molecule has 0 atom stereocenters. The van der Waals surface area contributed by atoms with Crippen molar-refractivity contribution < 1.29 is 9.66 Å². The first-order valence-electron chi connectivity index (χ1n) is 6.73. The molecule has 2 aromatic rings. The minimum Gasteiger partial charge on any atom is -0.494 e. The molecule has 0 bridgehead atoms. The maximum absolute atomic E-state index is 10.8. The summed E-state index contributed by atoms with van der Waals surface area (Å²) in [6, 6.07) is 15.4. The van der Waals surface area contributed by atoms with E-state index in [-0.39, 0.29) is 5.69 Å². The van der Waals surface area contributed by atoms with Crippen molar-refractivity contribution >= 4 is 17.3 Å². The fourth-order valence-electron chi connectivity index (χ4n) is 1.96. The summed E-state index contributed by atoms with van der Waals surface area (Å²) in [6.45, 7) is 2.50. The van der Waals surface area contributed by atoms with Crippen molar-refractivity contribution in [2.75, 3.05) is 6.61 Å². The number of nitrogens with zero attached hydrogens (tertiary/aromatic N) is 2. The molecule has 110 valence electrons. The van der Waals surface area contributed by atoms with Crippen LogP contribution in [0.5, 0.6) is 5.75 Å². The lowest BCUT2D eigenvalue weighted by molar-refractivity contribution is -0.384. The number of non-ortho nitro benzene ring substituents is 1. The zero-order valence-corrected chi connectivity index (χ0v) is 12.0. The van der Waals surface area contributed by atoms with E-state index in [0.717, 1.165) is 11.3 Å². The van der Waals surface area contributed by atoms with Gasteiger partial charge >= 0.3 is 0 Å². The molecule has 0 N–H and O–H groups in total. The largest absolute Gasteiger partial charge is 0.494 e. The van der Waals surface area contributed by atoms with E-state index in [9.17, 15) is 15.4 Å². The van der Waals surface area contributed by atoms with E-state index in [1.807, 2.05) is 31.2 Å². The molecule has 22 heavy (non-hydrogen) atoms. The van der Waals surface area contributed by atoms with Crippen molar-refractivity contribution in [1.29, 1.82) is 5.26 Å². The molecule has 0 saturated heterocycles. The third-order valence-corrected chi connectivity index (χ3v) is 2.99. The summed E-state index contributed by atoms with van der Waals surface area (Å²) < 4.78 is 5.36. The number of rotatable bonds is 5. The zero-order chi connectivity index (χ0) is 15.9. The zero-order valence-electron chi connectivity index (χ0n) is 12.0. The van der Waals surface area contributed by atoms with Crippen LogP contribution >= 0.6 is 0 Å². The summed E-state index contributed by atoms with van der Waals surface area (Å²) in [5, 5.41) is 20.1. The molecule has 0 aliphatic rings. The smallest absolute Gasteiger partial charge is 0.270 e. The molecule has 2 aromatic carbocycles. The van der Waals surface area contributed by atoms with Crippen LogP contribution < -0.4 is 4.74 Å². The van der Waals surface area contributed by atoms with Crippen molar-refractivity contribution in [3.05, 3.63) is 69.8 Å². The van der Waals surface area contributed by atoms with Crippen LogP contribution in [0.1, 0.15) is 18.1 Å². The van der Waals surface area contributed by atoms with Gasteiger partial charge in [-0.1, -0.05) is 24.3 Å². The van der Waals surface area contributed by atoms with Crippen LogP contribution in [-0.4, -0.2) is 11.5 Å². The minimum absolute atomic E-state index is 0.0367. The van der Waals surface area contributed by atoms with Gasteiger partial charge in [0.25, 0.3) is 5.69 Å². The standard InChI is InChI=1S/C17H14N2O3/c1-2-22-17-8-6-13(7-9-17)10-15(12-18)14-4-3-5-16(11-14)19(20)21/h3-11H,2H2,1H3/b15-10-. The van der Waals surface area contributed by atoms with E-state index >= 15 is 0 Å². The van der Waals surface area contributed by atoms with Crippen molar-refractivity contribution in [2.45, 2.75) is 6.92 Å². The normalized spacial score (nSPS) is 10.8. The van der Waals surface area contributed by atoms with Crippen LogP contribution in [0.2, 0.25) is 0 Å². The van der Waals surface area contributed by atoms with Gasteiger partial charge in [0.15, 0.2) is 0 Å². The van der Waals surface area contributed by atoms with E-state index in [1.165, 1.54) is 12.1 Å². The average Bonchev–Trinajstić information content (AvgIpc) is 2.54. The lowest BCUT2D eigenvalue weighted by Crippen LogP contribution is -1.91. The Morgan fingerprint density at radius 3 is 2.64 bits per heavy atom. The van der Waals surface area contributed by atoms with Gasteiger partial charge in [-0.15, -0.1) is 0 Å². The summed E-state index contributed by atoms with van der Waals surface area (Å²) in [5.41, 5.74) is 1.68. The van der Waals surface area contributed by atoms with Gasteiger partial charge in [-0.2, -0.15) is 5.26 Å². The summed E-state index contributed by atoms with van der Waals surface area (Å²) in [4.78, 5) is 10.3. The summed E-state index contributed by atoms with van der Waals surface area (Å²) >= 11 is 0. The molecule has 0 aliphatic carbocycles. The number of hydrogen-bond donors (Lipinski definition) is 0. The Bertz CT molecular complexity index is 743. The molecule has 0 aliphatic heterocycles. The van der Waals surface area contributed by atoms with Gasteiger partial charge in [0.1, 0.15) is 5.75 Å². The second kappa shape index (κ2) is 7.04. The Morgan fingerprint density at radius 2 is 2.05 bits per heavy atom. The Morgan fingerprint density at radius 1 is 1.32 bits per heavy atom. The first-order valence-corrected chi connectivity index (χ1v) is 6.73. The van der Waals surface area contributed by atoms with E-state index < -0.39 is 4.92 Å². The highest BCUT2D eigenvalue weighted by atomic mass is 16.6. The van der Waals surface area contributed by atoms with Gasteiger partial charge in [0.2, 0.25) is 0 Å². The first kappa shape index (κ1) is 15.3. The van der Waals surface area contributed by atoms with Gasteiger partial charge in [0, 0.05) is 12.1 Å². The van der Waals surface area contributed by atoms with E-state index in [1.54, 1.807) is 18.2 Å². The number of nitro groups is 1. The predicted molar refractivity (Wildman–Crippen MR) is 84.2 cm³/mol. The molecule has 0 radical (unpaired) electrons. The van der Waals surface area contributed by atoms with Crippen molar-refractivity contribution in [3.8, 4) is 11.8 Å². The molecule has 0 unspecified atom stereocenters. The molecule has 0 spiro atoms. The third kappa shape index (κ3) is 3.70. The molecular formula is C17H14N2O3. The fourth-order valence-corrected chi connectivity index (χ4v) is 1.96. The van der Waals surface area contributed by atoms with Crippen LogP contribution in [0, 0.1) is 21.4 Å². The van der Waals surface area contributed by atoms with Crippen LogP contribution in [0.4, 0.5) is 5.69 Å². The summed E-state index contributed by atoms with van der Waals surface area (Å²) in [7, 11) is 0. The van der Waals surface area contributed by atoms with Crippen molar-refractivity contribution in [2.24, 2.45) is 0 Å². The Balaban J connectivity index is 2.33. The van der Waals surface area contributed by atoms with Crippen LogP contribution in [0.25, 0.3) is 11.6 Å². The maximum atomic E-state index is 10.8. The minimum atomic E-state index is -0.477. The molecule has 0 amide bonds. The fraction of sp³-hybridized carbons (Fsp3) is 0.118. The molecule has 0 heterocycles. The molecule has 2 rings (SSSR count). The lowest BCUT2D eigenvalue weighted by atomic mass is 10.0. The number of benzene rings is 2. The Kier molecular flexibility index (Phi) is 4.89. The van der Waals surface area contributed by atoms with Crippen molar-refractivity contribution in [3.63, 3.8) is 0 Å². The molecule has 0 aromatic heterocycles. The van der Waals surface area contributed by atoms with E-state index in [4.69, 9.17) is 4.74 Å². The maximum Gasteiger partial charge on any atom is 0.270 e. The SMILES string of the molecule is CCOc1ccc(/C=C(/C#N)c2cccc([N+](=O)[O-])c2)cc1. The second-order valence-corrected chi connectivity index (χ2v) is 4.48. The van der Waals surface area contributed by atoms with Gasteiger partial charge < -0.3 is 4.74 Å². The average molecular weight is 294 g/mol. The van der Waals surface area contributed by atoms with Crippen LogP contribution in [0.3, 0.4) is 0 Å². The number of nitro benzene ring substituents is 1. The van der Waals surface area contributed by atoms with Crippen LogP contribution in [-0.2, 0) is 0 Å². The predicted octanol–water partition coefficient (Wildman–Crippen LogP) is 4.06. The molecule has 5 nitrogen and oxygen atoms in total. The Hall–Kier alpha value is -3.13. The summed E-state index contributed by atoms with van der Waals surface area (Å²) in [5.74, 6) is 0.758. The van der Waals surface area contributed by atoms with Gasteiger partial charge in [0.05, 0.1) is 23.2 Å².